The highest BCUT2D eigenvalue weighted by atomic mass is 15.1. The molecule has 0 bridgehead atoms. The van der Waals surface area contributed by atoms with Crippen molar-refractivity contribution in [1.82, 2.24) is 20.1 Å². The Morgan fingerprint density at radius 2 is 2.15 bits per heavy atom. The topological polar surface area (TPSA) is 45.6 Å². The van der Waals surface area contributed by atoms with Crippen molar-refractivity contribution in [3.8, 4) is 0 Å². The van der Waals surface area contributed by atoms with Gasteiger partial charge in [0, 0.05) is 36.1 Å². The highest BCUT2D eigenvalue weighted by Gasteiger charge is 2.01. The fourth-order valence-electron chi connectivity index (χ4n) is 2.49. The van der Waals surface area contributed by atoms with Gasteiger partial charge in [0.1, 0.15) is 0 Å². The Morgan fingerprint density at radius 3 is 3.00 bits per heavy atom. The van der Waals surface area contributed by atoms with Gasteiger partial charge in [-0.15, -0.1) is 0 Å². The van der Waals surface area contributed by atoms with Crippen LogP contribution in [0.1, 0.15) is 17.7 Å². The largest absolute Gasteiger partial charge is 0.347 e. The van der Waals surface area contributed by atoms with Gasteiger partial charge in [0.2, 0.25) is 0 Å². The normalized spacial score (nSPS) is 11.2. The van der Waals surface area contributed by atoms with Crippen molar-refractivity contribution < 1.29 is 0 Å². The number of hydrogen-bond acceptors (Lipinski definition) is 2. The Balaban J connectivity index is 1.47. The van der Waals surface area contributed by atoms with Gasteiger partial charge in [0.15, 0.2) is 0 Å². The van der Waals surface area contributed by atoms with Gasteiger partial charge in [-0.1, -0.05) is 18.2 Å². The van der Waals surface area contributed by atoms with Crippen LogP contribution in [0.5, 0.6) is 0 Å². The van der Waals surface area contributed by atoms with Crippen LogP contribution in [0.2, 0.25) is 0 Å². The highest BCUT2D eigenvalue weighted by Crippen LogP contribution is 2.15. The summed E-state index contributed by atoms with van der Waals surface area (Å²) >= 11 is 0. The van der Waals surface area contributed by atoms with Crippen molar-refractivity contribution in [1.29, 1.82) is 0 Å². The Bertz CT molecular complexity index is 680. The minimum atomic E-state index is 0.884. The quantitative estimate of drug-likeness (QED) is 0.675. The van der Waals surface area contributed by atoms with Crippen LogP contribution in [0.3, 0.4) is 0 Å². The summed E-state index contributed by atoms with van der Waals surface area (Å²) in [6.45, 7) is 4.99. The Hall–Kier alpha value is -2.07. The van der Waals surface area contributed by atoms with Gasteiger partial charge in [-0.3, -0.25) is 5.10 Å². The Labute approximate surface area is 118 Å². The molecule has 2 aromatic heterocycles. The maximum absolute atomic E-state index is 4.03. The van der Waals surface area contributed by atoms with Gasteiger partial charge in [-0.25, -0.2) is 0 Å². The smallest absolute Gasteiger partial charge is 0.0535 e. The van der Waals surface area contributed by atoms with Gasteiger partial charge in [-0.05, 0) is 37.4 Å². The molecule has 0 fully saturated rings. The minimum absolute atomic E-state index is 0.884. The second-order valence-electron chi connectivity index (χ2n) is 5.12. The van der Waals surface area contributed by atoms with Crippen LogP contribution in [0, 0.1) is 6.92 Å². The van der Waals surface area contributed by atoms with E-state index in [2.05, 4.69) is 63.5 Å². The molecule has 4 nitrogen and oxygen atoms in total. The number of aromatic amines is 1. The molecular formula is C16H20N4. The lowest BCUT2D eigenvalue weighted by atomic mass is 10.2. The predicted octanol–water partition coefficient (Wildman–Crippen LogP) is 2.85. The number of aromatic nitrogens is 3. The standard InChI is InChI=1S/C16H20N4/c1-13-15(12-18-19-13)11-17-8-4-9-20-10-7-14-5-2-3-6-16(14)20/h2-3,5-7,10,12,17H,4,8-9,11H2,1H3,(H,18,19). The maximum atomic E-state index is 4.03. The van der Waals surface area contributed by atoms with Crippen LogP contribution in [0.4, 0.5) is 0 Å². The maximum Gasteiger partial charge on any atom is 0.0535 e. The number of aryl methyl sites for hydroxylation is 2. The highest BCUT2D eigenvalue weighted by molar-refractivity contribution is 5.79. The van der Waals surface area contributed by atoms with E-state index < -0.39 is 0 Å². The molecule has 0 aliphatic carbocycles. The van der Waals surface area contributed by atoms with E-state index in [1.54, 1.807) is 0 Å². The molecule has 0 aliphatic rings. The summed E-state index contributed by atoms with van der Waals surface area (Å²) in [5.74, 6) is 0. The van der Waals surface area contributed by atoms with Gasteiger partial charge in [0.05, 0.1) is 6.20 Å². The first-order chi connectivity index (χ1) is 9.84. The van der Waals surface area contributed by atoms with Crippen LogP contribution in [0.25, 0.3) is 10.9 Å². The van der Waals surface area contributed by atoms with Gasteiger partial charge in [-0.2, -0.15) is 5.10 Å². The van der Waals surface area contributed by atoms with E-state index in [0.29, 0.717) is 0 Å². The Morgan fingerprint density at radius 1 is 1.25 bits per heavy atom. The van der Waals surface area contributed by atoms with Crippen LogP contribution in [0.15, 0.2) is 42.7 Å². The summed E-state index contributed by atoms with van der Waals surface area (Å²) in [5, 5.41) is 11.8. The predicted molar refractivity (Wildman–Crippen MR) is 81.6 cm³/mol. The number of para-hydroxylation sites is 1. The molecule has 4 heteroatoms. The number of H-pyrrole nitrogens is 1. The first-order valence-corrected chi connectivity index (χ1v) is 7.08. The van der Waals surface area contributed by atoms with E-state index >= 15 is 0 Å². The summed E-state index contributed by atoms with van der Waals surface area (Å²) in [6.07, 6.45) is 5.18. The van der Waals surface area contributed by atoms with E-state index in [4.69, 9.17) is 0 Å². The van der Waals surface area contributed by atoms with E-state index in [1.807, 2.05) is 6.20 Å². The van der Waals surface area contributed by atoms with Crippen LogP contribution < -0.4 is 5.32 Å². The zero-order chi connectivity index (χ0) is 13.8. The third-order valence-corrected chi connectivity index (χ3v) is 3.68. The fraction of sp³-hybridized carbons (Fsp3) is 0.312. The zero-order valence-corrected chi connectivity index (χ0v) is 11.8. The number of nitrogens with zero attached hydrogens (tertiary/aromatic N) is 2. The molecule has 3 rings (SSSR count). The molecule has 104 valence electrons. The number of fused-ring (bicyclic) bond motifs is 1. The number of hydrogen-bond donors (Lipinski definition) is 2. The van der Waals surface area contributed by atoms with Crippen LogP contribution >= 0.6 is 0 Å². The fourth-order valence-corrected chi connectivity index (χ4v) is 2.49. The summed E-state index contributed by atoms with van der Waals surface area (Å²) in [5.41, 5.74) is 3.71. The molecule has 3 aromatic rings. The monoisotopic (exact) mass is 268 g/mol. The molecule has 0 unspecified atom stereocenters. The lowest BCUT2D eigenvalue weighted by Gasteiger charge is -2.07. The lowest BCUT2D eigenvalue weighted by molar-refractivity contribution is 0.590. The van der Waals surface area contributed by atoms with Gasteiger partial charge in [0.25, 0.3) is 0 Å². The molecule has 0 aliphatic heterocycles. The molecule has 0 saturated carbocycles. The number of nitrogens with one attached hydrogen (secondary N) is 2. The first-order valence-electron chi connectivity index (χ1n) is 7.08. The second-order valence-corrected chi connectivity index (χ2v) is 5.12. The van der Waals surface area contributed by atoms with Crippen molar-refractivity contribution in [2.45, 2.75) is 26.4 Å². The first kappa shape index (κ1) is 12.9. The SMILES string of the molecule is Cc1[nH]ncc1CNCCCn1ccc2ccccc21. The van der Waals surface area contributed by atoms with Crippen molar-refractivity contribution in [3.05, 3.63) is 54.0 Å². The van der Waals surface area contributed by atoms with Crippen LogP contribution in [-0.2, 0) is 13.1 Å². The number of rotatable bonds is 6. The third kappa shape index (κ3) is 2.75. The van der Waals surface area contributed by atoms with E-state index in [-0.39, 0.29) is 0 Å². The van der Waals surface area contributed by atoms with E-state index in [1.165, 1.54) is 16.5 Å². The molecule has 1 aromatic carbocycles. The average Bonchev–Trinajstić information content (AvgIpc) is 3.06. The van der Waals surface area contributed by atoms with Gasteiger partial charge < -0.3 is 9.88 Å². The zero-order valence-electron chi connectivity index (χ0n) is 11.8. The molecule has 2 heterocycles. The van der Waals surface area contributed by atoms with Crippen molar-refractivity contribution in [2.24, 2.45) is 0 Å². The van der Waals surface area contributed by atoms with Crippen LogP contribution in [-0.4, -0.2) is 21.3 Å². The minimum Gasteiger partial charge on any atom is -0.347 e. The molecular weight excluding hydrogens is 248 g/mol. The van der Waals surface area contributed by atoms with Gasteiger partial charge >= 0.3 is 0 Å². The van der Waals surface area contributed by atoms with Crippen molar-refractivity contribution in [2.75, 3.05) is 6.54 Å². The average molecular weight is 268 g/mol. The second kappa shape index (κ2) is 5.92. The summed E-state index contributed by atoms with van der Waals surface area (Å²) in [6, 6.07) is 10.7. The molecule has 2 N–H and O–H groups in total. The summed E-state index contributed by atoms with van der Waals surface area (Å²) in [7, 11) is 0. The molecule has 0 atom stereocenters. The van der Waals surface area contributed by atoms with E-state index in [9.17, 15) is 0 Å². The Kier molecular flexibility index (Phi) is 3.83. The molecule has 0 spiro atoms. The molecule has 0 saturated heterocycles. The number of benzene rings is 1. The van der Waals surface area contributed by atoms with Crippen molar-refractivity contribution >= 4 is 10.9 Å². The summed E-state index contributed by atoms with van der Waals surface area (Å²) < 4.78 is 2.32. The molecule has 20 heavy (non-hydrogen) atoms. The molecule has 0 radical (unpaired) electrons. The third-order valence-electron chi connectivity index (χ3n) is 3.68. The van der Waals surface area contributed by atoms with E-state index in [0.717, 1.165) is 31.7 Å². The lowest BCUT2D eigenvalue weighted by Crippen LogP contribution is -2.16. The summed E-state index contributed by atoms with van der Waals surface area (Å²) in [4.78, 5) is 0. The molecule has 0 amide bonds. The van der Waals surface area contributed by atoms with Crippen molar-refractivity contribution in [3.63, 3.8) is 0 Å².